The predicted molar refractivity (Wildman–Crippen MR) is 119 cm³/mol. The highest BCUT2D eigenvalue weighted by molar-refractivity contribution is 5.98. The molecular formula is C23H30N4O2. The summed E-state index contributed by atoms with van der Waals surface area (Å²) < 4.78 is 0. The van der Waals surface area contributed by atoms with Gasteiger partial charge in [0, 0.05) is 30.9 Å². The van der Waals surface area contributed by atoms with Crippen molar-refractivity contribution in [2.75, 3.05) is 41.7 Å². The molecule has 0 unspecified atom stereocenters. The number of hydrogen-bond acceptors (Lipinski definition) is 4. The Morgan fingerprint density at radius 3 is 2.48 bits per heavy atom. The van der Waals surface area contributed by atoms with Crippen LogP contribution in [0.15, 0.2) is 48.5 Å². The third-order valence-electron chi connectivity index (χ3n) is 5.04. The number of hydrogen-bond donors (Lipinski definition) is 3. The Kier molecular flexibility index (Phi) is 7.50. The molecular weight excluding hydrogens is 364 g/mol. The number of benzene rings is 2. The highest BCUT2D eigenvalue weighted by Crippen LogP contribution is 2.27. The van der Waals surface area contributed by atoms with Crippen LogP contribution in [-0.2, 0) is 4.79 Å². The van der Waals surface area contributed by atoms with Crippen LogP contribution in [0.5, 0.6) is 0 Å². The number of nitrogens with one attached hydrogen (secondary N) is 3. The zero-order valence-corrected chi connectivity index (χ0v) is 17.0. The van der Waals surface area contributed by atoms with Crippen LogP contribution in [0, 0.1) is 0 Å². The summed E-state index contributed by atoms with van der Waals surface area (Å²) in [6.07, 6.45) is 4.97. The number of carbonyl (C=O) groups excluding carboxylic acids is 2. The van der Waals surface area contributed by atoms with Crippen LogP contribution >= 0.6 is 0 Å². The highest BCUT2D eigenvalue weighted by atomic mass is 16.2. The second-order valence-corrected chi connectivity index (χ2v) is 7.26. The summed E-state index contributed by atoms with van der Waals surface area (Å²) in [5.74, 6) is -0.295. The number of para-hydroxylation sites is 2. The van der Waals surface area contributed by atoms with Gasteiger partial charge < -0.3 is 20.9 Å². The van der Waals surface area contributed by atoms with Crippen molar-refractivity contribution in [2.24, 2.45) is 0 Å². The molecule has 6 heteroatoms. The van der Waals surface area contributed by atoms with Crippen molar-refractivity contribution in [3.8, 4) is 0 Å². The average molecular weight is 395 g/mol. The van der Waals surface area contributed by atoms with Crippen molar-refractivity contribution >= 4 is 28.9 Å². The van der Waals surface area contributed by atoms with Gasteiger partial charge in [0.2, 0.25) is 5.91 Å². The Balaban J connectivity index is 1.60. The smallest absolute Gasteiger partial charge is 0.251 e. The monoisotopic (exact) mass is 394 g/mol. The van der Waals surface area contributed by atoms with E-state index in [0.29, 0.717) is 17.8 Å². The number of rotatable bonds is 7. The molecule has 0 spiro atoms. The number of amides is 2. The summed E-state index contributed by atoms with van der Waals surface area (Å²) in [6, 6.07) is 15.1. The van der Waals surface area contributed by atoms with Crippen LogP contribution in [0.25, 0.3) is 0 Å². The van der Waals surface area contributed by atoms with Gasteiger partial charge in [-0.05, 0) is 50.1 Å². The third-order valence-corrected chi connectivity index (χ3v) is 5.04. The van der Waals surface area contributed by atoms with Crippen LogP contribution < -0.4 is 20.9 Å². The molecule has 29 heavy (non-hydrogen) atoms. The number of nitrogens with zero attached hydrogens (tertiary/aromatic N) is 1. The Morgan fingerprint density at radius 2 is 1.72 bits per heavy atom. The van der Waals surface area contributed by atoms with E-state index in [2.05, 4.69) is 26.9 Å². The lowest BCUT2D eigenvalue weighted by Crippen LogP contribution is -2.27. The first-order chi connectivity index (χ1) is 14.2. The van der Waals surface area contributed by atoms with Gasteiger partial charge in [-0.1, -0.05) is 31.0 Å². The first kappa shape index (κ1) is 20.7. The summed E-state index contributed by atoms with van der Waals surface area (Å²) >= 11 is 0. The molecule has 154 valence electrons. The molecule has 2 amide bonds. The Bertz CT molecular complexity index is 829. The van der Waals surface area contributed by atoms with Crippen molar-refractivity contribution in [3.05, 3.63) is 54.1 Å². The number of carbonyl (C=O) groups is 2. The van der Waals surface area contributed by atoms with Crippen molar-refractivity contribution in [2.45, 2.75) is 32.6 Å². The van der Waals surface area contributed by atoms with Crippen molar-refractivity contribution < 1.29 is 9.59 Å². The first-order valence-electron chi connectivity index (χ1n) is 10.4. The molecule has 1 heterocycles. The predicted octanol–water partition coefficient (Wildman–Crippen LogP) is 3.87. The molecule has 0 radical (unpaired) electrons. The lowest BCUT2D eigenvalue weighted by Gasteiger charge is -2.25. The second kappa shape index (κ2) is 10.5. The topological polar surface area (TPSA) is 73.5 Å². The minimum absolute atomic E-state index is 0.145. The standard InChI is InChI=1S/C23H30N4O2/c1-2-24-23(29)18-10-9-11-19(16-18)26-22(28)17-25-20-12-5-6-13-21(20)27-14-7-3-4-8-15-27/h5-6,9-13,16,25H,2-4,7-8,14-15,17H2,1H3,(H,24,29)(H,26,28). The summed E-state index contributed by atoms with van der Waals surface area (Å²) in [7, 11) is 0. The Morgan fingerprint density at radius 1 is 0.966 bits per heavy atom. The largest absolute Gasteiger partial charge is 0.374 e. The van der Waals surface area contributed by atoms with Gasteiger partial charge in [0.05, 0.1) is 17.9 Å². The van der Waals surface area contributed by atoms with Gasteiger partial charge >= 0.3 is 0 Å². The van der Waals surface area contributed by atoms with Gasteiger partial charge in [0.25, 0.3) is 5.91 Å². The Hall–Kier alpha value is -3.02. The lowest BCUT2D eigenvalue weighted by molar-refractivity contribution is -0.114. The van der Waals surface area contributed by atoms with Crippen LogP contribution in [0.4, 0.5) is 17.1 Å². The van der Waals surface area contributed by atoms with E-state index in [1.807, 2.05) is 25.1 Å². The van der Waals surface area contributed by atoms with E-state index in [4.69, 9.17) is 0 Å². The van der Waals surface area contributed by atoms with E-state index in [1.165, 1.54) is 25.7 Å². The van der Waals surface area contributed by atoms with Crippen molar-refractivity contribution in [1.82, 2.24) is 5.32 Å². The van der Waals surface area contributed by atoms with E-state index >= 15 is 0 Å². The summed E-state index contributed by atoms with van der Waals surface area (Å²) in [6.45, 7) is 4.71. The fraction of sp³-hybridized carbons (Fsp3) is 0.391. The summed E-state index contributed by atoms with van der Waals surface area (Å²) in [4.78, 5) is 26.8. The molecule has 0 atom stereocenters. The maximum Gasteiger partial charge on any atom is 0.251 e. The molecule has 0 bridgehead atoms. The second-order valence-electron chi connectivity index (χ2n) is 7.26. The maximum absolute atomic E-state index is 12.4. The maximum atomic E-state index is 12.4. The van der Waals surface area contributed by atoms with Gasteiger partial charge in [-0.2, -0.15) is 0 Å². The van der Waals surface area contributed by atoms with Crippen LogP contribution in [-0.4, -0.2) is 38.0 Å². The highest BCUT2D eigenvalue weighted by Gasteiger charge is 2.14. The minimum atomic E-state index is -0.149. The molecule has 2 aromatic rings. The van der Waals surface area contributed by atoms with Crippen LogP contribution in [0.1, 0.15) is 43.0 Å². The quantitative estimate of drug-likeness (QED) is 0.667. The van der Waals surface area contributed by atoms with Gasteiger partial charge in [0.1, 0.15) is 0 Å². The molecule has 1 aliphatic heterocycles. The molecule has 0 saturated carbocycles. The zero-order chi connectivity index (χ0) is 20.5. The van der Waals surface area contributed by atoms with E-state index in [0.717, 1.165) is 24.5 Å². The van der Waals surface area contributed by atoms with E-state index in [9.17, 15) is 9.59 Å². The number of anilines is 3. The average Bonchev–Trinajstić information content (AvgIpc) is 3.02. The molecule has 2 aromatic carbocycles. The normalized spacial score (nSPS) is 14.0. The molecule has 6 nitrogen and oxygen atoms in total. The molecule has 0 aliphatic carbocycles. The van der Waals surface area contributed by atoms with Crippen LogP contribution in [0.3, 0.4) is 0 Å². The van der Waals surface area contributed by atoms with Crippen LogP contribution in [0.2, 0.25) is 0 Å². The fourth-order valence-electron chi connectivity index (χ4n) is 3.59. The van der Waals surface area contributed by atoms with E-state index in [1.54, 1.807) is 24.3 Å². The van der Waals surface area contributed by atoms with E-state index < -0.39 is 0 Å². The SMILES string of the molecule is CCNC(=O)c1cccc(NC(=O)CNc2ccccc2N2CCCCCC2)c1. The molecule has 1 saturated heterocycles. The third kappa shape index (κ3) is 5.98. The Labute approximate surface area is 172 Å². The van der Waals surface area contributed by atoms with Gasteiger partial charge in [-0.3, -0.25) is 9.59 Å². The summed E-state index contributed by atoms with van der Waals surface area (Å²) in [5, 5.41) is 8.90. The zero-order valence-electron chi connectivity index (χ0n) is 17.0. The molecule has 1 fully saturated rings. The first-order valence-corrected chi connectivity index (χ1v) is 10.4. The summed E-state index contributed by atoms with van der Waals surface area (Å²) in [5.41, 5.74) is 3.27. The van der Waals surface area contributed by atoms with Gasteiger partial charge in [-0.15, -0.1) is 0 Å². The van der Waals surface area contributed by atoms with Crippen molar-refractivity contribution in [1.29, 1.82) is 0 Å². The van der Waals surface area contributed by atoms with Crippen molar-refractivity contribution in [3.63, 3.8) is 0 Å². The lowest BCUT2D eigenvalue weighted by atomic mass is 10.2. The molecule has 3 N–H and O–H groups in total. The van der Waals surface area contributed by atoms with Gasteiger partial charge in [-0.25, -0.2) is 0 Å². The molecule has 0 aromatic heterocycles. The van der Waals surface area contributed by atoms with Gasteiger partial charge in [0.15, 0.2) is 0 Å². The van der Waals surface area contributed by atoms with E-state index in [-0.39, 0.29) is 18.4 Å². The molecule has 1 aliphatic rings. The minimum Gasteiger partial charge on any atom is -0.374 e. The molecule has 3 rings (SSSR count). The fourth-order valence-corrected chi connectivity index (χ4v) is 3.59.